The van der Waals surface area contributed by atoms with Gasteiger partial charge in [0.25, 0.3) is 5.89 Å². The van der Waals surface area contributed by atoms with Crippen molar-refractivity contribution in [1.29, 1.82) is 0 Å². The van der Waals surface area contributed by atoms with Crippen LogP contribution >= 0.6 is 0 Å². The first-order valence-corrected chi connectivity index (χ1v) is 8.57. The topological polar surface area (TPSA) is 64.7 Å². The summed E-state index contributed by atoms with van der Waals surface area (Å²) in [7, 11) is 0. The first-order valence-electron chi connectivity index (χ1n) is 8.57. The molecular formula is C21H18N4O. The molecule has 128 valence electrons. The van der Waals surface area contributed by atoms with Gasteiger partial charge in [-0.3, -0.25) is 4.98 Å². The van der Waals surface area contributed by atoms with E-state index in [9.17, 15) is 0 Å². The van der Waals surface area contributed by atoms with Crippen molar-refractivity contribution in [1.82, 2.24) is 20.2 Å². The Kier molecular flexibility index (Phi) is 4.27. The quantitative estimate of drug-likeness (QED) is 0.536. The molecule has 0 amide bonds. The van der Waals surface area contributed by atoms with Gasteiger partial charge >= 0.3 is 0 Å². The molecule has 0 atom stereocenters. The third kappa shape index (κ3) is 2.99. The summed E-state index contributed by atoms with van der Waals surface area (Å²) < 4.78 is 5.86. The molecule has 0 aliphatic carbocycles. The third-order valence-corrected chi connectivity index (χ3v) is 4.28. The van der Waals surface area contributed by atoms with Gasteiger partial charge in [-0.2, -0.15) is 0 Å². The minimum atomic E-state index is 0.379. The van der Waals surface area contributed by atoms with Crippen LogP contribution in [-0.4, -0.2) is 20.2 Å². The van der Waals surface area contributed by atoms with Crippen molar-refractivity contribution in [2.75, 3.05) is 0 Å². The molecule has 2 heterocycles. The number of aromatic nitrogens is 4. The number of benzene rings is 2. The molecule has 26 heavy (non-hydrogen) atoms. The Hall–Kier alpha value is -3.34. The second-order valence-electron chi connectivity index (χ2n) is 5.98. The Bertz CT molecular complexity index is 1040. The summed E-state index contributed by atoms with van der Waals surface area (Å²) in [6, 6.07) is 17.9. The van der Waals surface area contributed by atoms with Crippen molar-refractivity contribution in [3.8, 4) is 34.3 Å². The van der Waals surface area contributed by atoms with Gasteiger partial charge in [-0.1, -0.05) is 49.4 Å². The lowest BCUT2D eigenvalue weighted by Gasteiger charge is -2.08. The fraction of sp³-hybridized carbons (Fsp3) is 0.143. The highest BCUT2D eigenvalue weighted by Crippen LogP contribution is 2.28. The molecule has 0 saturated carbocycles. The Balaban J connectivity index is 1.77. The fourth-order valence-corrected chi connectivity index (χ4v) is 2.88. The third-order valence-electron chi connectivity index (χ3n) is 4.28. The number of hydrogen-bond acceptors (Lipinski definition) is 5. The van der Waals surface area contributed by atoms with Crippen LogP contribution in [0, 0.1) is 6.92 Å². The average Bonchev–Trinajstić information content (AvgIpc) is 3.19. The van der Waals surface area contributed by atoms with Gasteiger partial charge in [-0.25, -0.2) is 4.98 Å². The van der Waals surface area contributed by atoms with E-state index in [0.717, 1.165) is 28.9 Å². The van der Waals surface area contributed by atoms with E-state index in [4.69, 9.17) is 9.40 Å². The summed E-state index contributed by atoms with van der Waals surface area (Å²) in [5.74, 6) is 0.853. The highest BCUT2D eigenvalue weighted by Gasteiger charge is 2.16. The van der Waals surface area contributed by atoms with Gasteiger partial charge < -0.3 is 4.42 Å². The fourth-order valence-electron chi connectivity index (χ4n) is 2.88. The normalized spacial score (nSPS) is 10.8. The molecule has 0 spiro atoms. The lowest BCUT2D eigenvalue weighted by atomic mass is 10.0. The highest BCUT2D eigenvalue weighted by atomic mass is 16.4. The molecule has 4 rings (SSSR count). The molecule has 4 aromatic rings. The summed E-state index contributed by atoms with van der Waals surface area (Å²) in [6.07, 6.45) is 2.72. The highest BCUT2D eigenvalue weighted by molar-refractivity contribution is 5.66. The van der Waals surface area contributed by atoms with Crippen LogP contribution in [0.3, 0.4) is 0 Å². The Labute approximate surface area is 151 Å². The van der Waals surface area contributed by atoms with Crippen LogP contribution in [0.5, 0.6) is 0 Å². The molecule has 0 bridgehead atoms. The summed E-state index contributed by atoms with van der Waals surface area (Å²) >= 11 is 0. The van der Waals surface area contributed by atoms with Crippen LogP contribution in [0.25, 0.3) is 34.3 Å². The first-order chi connectivity index (χ1) is 12.8. The molecule has 0 aliphatic heterocycles. The predicted molar refractivity (Wildman–Crippen MR) is 100 cm³/mol. The van der Waals surface area contributed by atoms with Crippen LogP contribution in [0.15, 0.2) is 65.2 Å². The van der Waals surface area contributed by atoms with Crippen molar-refractivity contribution >= 4 is 0 Å². The van der Waals surface area contributed by atoms with Gasteiger partial charge in [0.2, 0.25) is 5.89 Å². The minimum Gasteiger partial charge on any atom is -0.415 e. The summed E-state index contributed by atoms with van der Waals surface area (Å²) in [4.78, 5) is 9.27. The zero-order valence-electron chi connectivity index (χ0n) is 14.7. The number of hydrogen-bond donors (Lipinski definition) is 0. The van der Waals surface area contributed by atoms with E-state index in [0.29, 0.717) is 17.5 Å². The molecule has 0 aliphatic rings. The van der Waals surface area contributed by atoms with Crippen molar-refractivity contribution < 1.29 is 4.42 Å². The van der Waals surface area contributed by atoms with E-state index in [1.54, 1.807) is 6.20 Å². The second-order valence-corrected chi connectivity index (χ2v) is 5.98. The Morgan fingerprint density at radius 2 is 1.62 bits per heavy atom. The molecule has 0 N–H and O–H groups in total. The second kappa shape index (κ2) is 6.88. The van der Waals surface area contributed by atoms with Gasteiger partial charge in [0.1, 0.15) is 5.69 Å². The standard InChI is InChI=1S/C21H18N4O/c1-3-15-9-7-8-12-17(15)18-13-22-14(2)19(23-18)21-25-24-20(26-21)16-10-5-4-6-11-16/h4-13H,3H2,1-2H3. The molecule has 5 nitrogen and oxygen atoms in total. The average molecular weight is 342 g/mol. The smallest absolute Gasteiger partial charge is 0.268 e. The van der Waals surface area contributed by atoms with Crippen LogP contribution < -0.4 is 0 Å². The maximum atomic E-state index is 5.86. The zero-order chi connectivity index (χ0) is 17.9. The van der Waals surface area contributed by atoms with Gasteiger partial charge in [0.05, 0.1) is 17.6 Å². The predicted octanol–water partition coefficient (Wildman–Crippen LogP) is 4.73. The summed E-state index contributed by atoms with van der Waals surface area (Å²) in [5, 5.41) is 8.34. The molecule has 5 heteroatoms. The van der Waals surface area contributed by atoms with Crippen molar-refractivity contribution in [3.05, 3.63) is 72.1 Å². The van der Waals surface area contributed by atoms with Crippen LogP contribution in [0.4, 0.5) is 0 Å². The SMILES string of the molecule is CCc1ccccc1-c1cnc(C)c(-c2nnc(-c3ccccc3)o2)n1. The minimum absolute atomic E-state index is 0.379. The largest absolute Gasteiger partial charge is 0.415 e. The monoisotopic (exact) mass is 342 g/mol. The van der Waals surface area contributed by atoms with E-state index in [-0.39, 0.29) is 0 Å². The molecule has 0 radical (unpaired) electrons. The van der Waals surface area contributed by atoms with Crippen molar-refractivity contribution in [3.63, 3.8) is 0 Å². The summed E-state index contributed by atoms with van der Waals surface area (Å²) in [5.41, 5.74) is 5.36. The van der Waals surface area contributed by atoms with Crippen LogP contribution in [-0.2, 0) is 6.42 Å². The molecule has 0 unspecified atom stereocenters. The van der Waals surface area contributed by atoms with E-state index >= 15 is 0 Å². The number of rotatable bonds is 4. The zero-order valence-corrected chi connectivity index (χ0v) is 14.7. The van der Waals surface area contributed by atoms with Crippen LogP contribution in [0.1, 0.15) is 18.2 Å². The van der Waals surface area contributed by atoms with Gasteiger partial charge in [-0.05, 0) is 31.0 Å². The van der Waals surface area contributed by atoms with E-state index in [1.807, 2.05) is 49.4 Å². The lowest BCUT2D eigenvalue weighted by Crippen LogP contribution is -1.97. The van der Waals surface area contributed by atoms with E-state index < -0.39 is 0 Å². The van der Waals surface area contributed by atoms with Gasteiger partial charge in [0.15, 0.2) is 0 Å². The number of nitrogens with zero attached hydrogens (tertiary/aromatic N) is 4. The van der Waals surface area contributed by atoms with E-state index in [1.165, 1.54) is 5.56 Å². The molecule has 2 aromatic carbocycles. The lowest BCUT2D eigenvalue weighted by molar-refractivity contribution is 0.581. The summed E-state index contributed by atoms with van der Waals surface area (Å²) in [6.45, 7) is 4.02. The maximum absolute atomic E-state index is 5.86. The van der Waals surface area contributed by atoms with Crippen molar-refractivity contribution in [2.24, 2.45) is 0 Å². The molecule has 0 fully saturated rings. The van der Waals surface area contributed by atoms with E-state index in [2.05, 4.69) is 34.2 Å². The van der Waals surface area contributed by atoms with Gasteiger partial charge in [0, 0.05) is 11.1 Å². The Morgan fingerprint density at radius 1 is 0.885 bits per heavy atom. The first kappa shape index (κ1) is 16.1. The maximum Gasteiger partial charge on any atom is 0.268 e. The molecule has 2 aromatic heterocycles. The molecule has 0 saturated heterocycles. The van der Waals surface area contributed by atoms with Crippen LogP contribution in [0.2, 0.25) is 0 Å². The number of aryl methyl sites for hydroxylation is 2. The Morgan fingerprint density at radius 3 is 2.42 bits per heavy atom. The molecular weight excluding hydrogens is 324 g/mol. The van der Waals surface area contributed by atoms with Crippen molar-refractivity contribution in [2.45, 2.75) is 20.3 Å². The van der Waals surface area contributed by atoms with Gasteiger partial charge in [-0.15, -0.1) is 10.2 Å².